The molecule has 0 radical (unpaired) electrons. The maximum absolute atomic E-state index is 12.1. The number of hydrogen-bond donors (Lipinski definition) is 4. The summed E-state index contributed by atoms with van der Waals surface area (Å²) < 4.78 is 65.9. The minimum Gasteiger partial charge on any atom is -0.379 e. The van der Waals surface area contributed by atoms with Crippen molar-refractivity contribution in [2.24, 2.45) is 5.11 Å². The van der Waals surface area contributed by atoms with Crippen molar-refractivity contribution in [2.75, 3.05) is 176 Å². The Balaban J connectivity index is 0.888. The number of hydrogen-bond acceptors (Lipinski definition) is 18. The Labute approximate surface area is 398 Å². The van der Waals surface area contributed by atoms with E-state index in [1.54, 1.807) is 12.1 Å². The highest BCUT2D eigenvalue weighted by Crippen LogP contribution is 2.33. The molecule has 0 saturated carbocycles. The van der Waals surface area contributed by atoms with Crippen LogP contribution in [0.15, 0.2) is 23.4 Å². The minimum absolute atomic E-state index is 0.0364. The quantitative estimate of drug-likeness (QED) is 0.0240. The maximum atomic E-state index is 12.1. The second kappa shape index (κ2) is 41.5. The van der Waals surface area contributed by atoms with E-state index in [0.29, 0.717) is 182 Å². The van der Waals surface area contributed by atoms with Crippen LogP contribution in [0.25, 0.3) is 10.4 Å². The normalized spacial score (nSPS) is 16.4. The van der Waals surface area contributed by atoms with Crippen LogP contribution in [0.1, 0.15) is 37.8 Å². The molecule has 0 bridgehead atoms. The average Bonchev–Trinajstić information content (AvgIpc) is 3.89. The summed E-state index contributed by atoms with van der Waals surface area (Å²) in [5.41, 5.74) is 9.53. The Bertz CT molecular complexity index is 1460. The van der Waals surface area contributed by atoms with Gasteiger partial charge in [0.1, 0.15) is 0 Å². The molecule has 2 aliphatic heterocycles. The van der Waals surface area contributed by atoms with E-state index < -0.39 is 0 Å². The third-order valence-corrected chi connectivity index (χ3v) is 11.1. The van der Waals surface area contributed by atoms with Crippen molar-refractivity contribution in [3.63, 3.8) is 0 Å². The second-order valence-electron chi connectivity index (χ2n) is 14.8. The third kappa shape index (κ3) is 32.1. The van der Waals surface area contributed by atoms with Crippen molar-refractivity contribution in [3.05, 3.63) is 34.5 Å². The van der Waals surface area contributed by atoms with Crippen molar-refractivity contribution >= 4 is 35.3 Å². The fourth-order valence-electron chi connectivity index (χ4n) is 6.23. The molecule has 23 nitrogen and oxygen atoms in total. The molecule has 0 aliphatic carbocycles. The summed E-state index contributed by atoms with van der Waals surface area (Å²) >= 11 is 1.90. The minimum atomic E-state index is -0.189. The van der Waals surface area contributed by atoms with Crippen LogP contribution in [0.3, 0.4) is 0 Å². The maximum Gasteiger partial charge on any atom is 0.315 e. The van der Waals surface area contributed by atoms with E-state index in [4.69, 9.17) is 62.4 Å². The molecule has 24 heteroatoms. The number of nitrogens with zero attached hydrogens (tertiary/aromatic N) is 4. The number of amides is 4. The van der Waals surface area contributed by atoms with Gasteiger partial charge in [0.05, 0.1) is 195 Å². The first-order valence-electron chi connectivity index (χ1n) is 23.2. The van der Waals surface area contributed by atoms with Crippen molar-refractivity contribution in [2.45, 2.75) is 56.0 Å². The average molecular weight is 975 g/mol. The number of rotatable bonds is 47. The van der Waals surface area contributed by atoms with E-state index in [9.17, 15) is 14.4 Å². The number of carbonyl (C=O) groups excluding carboxylic acids is 3. The van der Waals surface area contributed by atoms with Crippen LogP contribution in [0, 0.1) is 0 Å². The van der Waals surface area contributed by atoms with Gasteiger partial charge in [0.2, 0.25) is 11.8 Å². The molecule has 0 aromatic carbocycles. The lowest BCUT2D eigenvalue weighted by Crippen LogP contribution is -2.36. The molecule has 1 aromatic heterocycles. The van der Waals surface area contributed by atoms with Gasteiger partial charge in [-0.05, 0) is 30.5 Å². The van der Waals surface area contributed by atoms with Gasteiger partial charge in [-0.25, -0.2) is 4.79 Å². The van der Waals surface area contributed by atoms with Gasteiger partial charge in [0, 0.05) is 34.6 Å². The Morgan fingerprint density at radius 3 is 1.54 bits per heavy atom. The number of fused-ring (bicyclic) bond motifs is 1. The van der Waals surface area contributed by atoms with Crippen molar-refractivity contribution in [1.29, 1.82) is 0 Å². The Morgan fingerprint density at radius 2 is 1.09 bits per heavy atom. The molecule has 3 rings (SSSR count). The largest absolute Gasteiger partial charge is 0.379 e. The van der Waals surface area contributed by atoms with Gasteiger partial charge in [-0.2, -0.15) is 11.8 Å². The van der Waals surface area contributed by atoms with E-state index in [0.717, 1.165) is 25.0 Å². The van der Waals surface area contributed by atoms with Crippen LogP contribution in [0.5, 0.6) is 0 Å². The number of ether oxygens (including phenoxy) is 12. The van der Waals surface area contributed by atoms with Gasteiger partial charge < -0.3 is 78.1 Å². The summed E-state index contributed by atoms with van der Waals surface area (Å²) in [5, 5.41) is 15.5. The summed E-state index contributed by atoms with van der Waals surface area (Å²) in [6.07, 6.45) is 5.02. The lowest BCUT2D eigenvalue weighted by Gasteiger charge is -2.16. The monoisotopic (exact) mass is 974 g/mol. The second-order valence-corrected chi connectivity index (χ2v) is 16.1. The van der Waals surface area contributed by atoms with Crippen molar-refractivity contribution in [1.82, 2.24) is 20.9 Å². The summed E-state index contributed by atoms with van der Waals surface area (Å²) in [7, 11) is 0. The highest BCUT2D eigenvalue weighted by Gasteiger charge is 2.42. The van der Waals surface area contributed by atoms with Crippen molar-refractivity contribution < 1.29 is 71.2 Å². The first-order chi connectivity index (χ1) is 33.0. The van der Waals surface area contributed by atoms with Crippen LogP contribution in [0.4, 0.5) is 10.5 Å². The van der Waals surface area contributed by atoms with E-state index in [1.165, 1.54) is 6.20 Å². The van der Waals surface area contributed by atoms with Crippen LogP contribution in [0.2, 0.25) is 0 Å². The summed E-state index contributed by atoms with van der Waals surface area (Å²) in [4.78, 5) is 42.4. The zero-order valence-corrected chi connectivity index (χ0v) is 39.7. The molecular formula is C43H74N8O15S. The molecule has 2 saturated heterocycles. The van der Waals surface area contributed by atoms with Gasteiger partial charge >= 0.3 is 6.03 Å². The molecule has 4 amide bonds. The van der Waals surface area contributed by atoms with Gasteiger partial charge in [0.15, 0.2) is 0 Å². The van der Waals surface area contributed by atoms with E-state index in [2.05, 4.69) is 36.3 Å². The zero-order chi connectivity index (χ0) is 47.5. The van der Waals surface area contributed by atoms with E-state index >= 15 is 0 Å². The number of nitrogens with one attached hydrogen (secondary N) is 4. The molecular weight excluding hydrogens is 901 g/mol. The number of thioether (sulfide) groups is 1. The predicted octanol–water partition coefficient (Wildman–Crippen LogP) is 2.26. The predicted molar refractivity (Wildman–Crippen MR) is 247 cm³/mol. The lowest BCUT2D eigenvalue weighted by atomic mass is 10.0. The molecule has 382 valence electrons. The number of anilines is 1. The van der Waals surface area contributed by atoms with E-state index in [1.807, 2.05) is 11.8 Å². The number of urea groups is 1. The highest BCUT2D eigenvalue weighted by molar-refractivity contribution is 8.00. The molecule has 0 unspecified atom stereocenters. The Hall–Kier alpha value is -3.46. The van der Waals surface area contributed by atoms with Gasteiger partial charge in [-0.15, -0.1) is 0 Å². The number of pyridine rings is 1. The number of azide groups is 1. The molecule has 0 spiro atoms. The molecule has 3 heterocycles. The summed E-state index contributed by atoms with van der Waals surface area (Å²) in [6, 6.07) is 3.77. The lowest BCUT2D eigenvalue weighted by molar-refractivity contribution is -0.121. The number of unbranched alkanes of at least 4 members (excludes halogenated alkanes) is 1. The zero-order valence-electron chi connectivity index (χ0n) is 38.9. The molecule has 2 aliphatic rings. The van der Waals surface area contributed by atoms with Crippen LogP contribution in [-0.4, -0.2) is 211 Å². The number of carbonyl (C=O) groups is 3. The van der Waals surface area contributed by atoms with Gasteiger partial charge in [0.25, 0.3) is 0 Å². The topological polar surface area (TPSA) is 272 Å². The third-order valence-electron chi connectivity index (χ3n) is 9.62. The number of aromatic nitrogens is 1. The van der Waals surface area contributed by atoms with Crippen LogP contribution >= 0.6 is 11.8 Å². The van der Waals surface area contributed by atoms with E-state index in [-0.39, 0.29) is 49.5 Å². The fourth-order valence-corrected chi connectivity index (χ4v) is 7.77. The fraction of sp³-hybridized carbons (Fsp3) is 0.814. The summed E-state index contributed by atoms with van der Waals surface area (Å²) in [5.74, 6) is 0.801. The van der Waals surface area contributed by atoms with Gasteiger partial charge in [-0.3, -0.25) is 14.6 Å². The molecule has 3 atom stereocenters. The summed E-state index contributed by atoms with van der Waals surface area (Å²) in [6.45, 7) is 11.4. The SMILES string of the molecule is [N-]=[N+]=NCc1ccc(NC(=O)CCOCCOCCOCCOCCOCCOCCOCCOCCOCCOCCOCCOCCNC(=O)CCCC[C@@H]2SC[C@@H]3NC(=O)N[C@@H]32)cn1. The van der Waals surface area contributed by atoms with Crippen LogP contribution in [-0.2, 0) is 73.0 Å². The highest BCUT2D eigenvalue weighted by atomic mass is 32.2. The molecule has 4 N–H and O–H groups in total. The molecule has 67 heavy (non-hydrogen) atoms. The Morgan fingerprint density at radius 1 is 0.627 bits per heavy atom. The Kier molecular flexibility index (Phi) is 35.8. The van der Waals surface area contributed by atoms with Gasteiger partial charge in [-0.1, -0.05) is 11.5 Å². The smallest absolute Gasteiger partial charge is 0.315 e. The van der Waals surface area contributed by atoms with Crippen molar-refractivity contribution in [3.8, 4) is 0 Å². The van der Waals surface area contributed by atoms with Crippen LogP contribution < -0.4 is 21.3 Å². The first kappa shape index (κ1) is 57.9. The first-order valence-corrected chi connectivity index (χ1v) is 24.2. The standard InChI is InChI=1S/C43H74N8O15S/c44-51-47-34-36-5-6-37(33-46-36)48-41(53)7-9-55-11-13-57-15-17-59-19-21-61-23-25-63-27-29-65-31-32-66-30-28-64-26-24-62-22-20-60-18-16-58-14-12-56-10-8-45-40(52)4-2-1-3-39-42-38(35-67-39)49-43(54)50-42/h5-6,33,38-39,42H,1-4,7-32,34-35H2,(H,45,52)(H,48,53)(H2,49,50,54)/t38-,39-,42-/m0/s1. The molecule has 2 fully saturated rings. The molecule has 1 aromatic rings.